The second-order valence-electron chi connectivity index (χ2n) is 6.17. The lowest BCUT2D eigenvalue weighted by atomic mass is 9.91. The molecule has 6 heteroatoms. The lowest BCUT2D eigenvalue weighted by Gasteiger charge is -2.37. The summed E-state index contributed by atoms with van der Waals surface area (Å²) < 4.78 is 0. The summed E-state index contributed by atoms with van der Waals surface area (Å²) in [6.45, 7) is 4.12. The van der Waals surface area contributed by atoms with Crippen LogP contribution in [-0.2, 0) is 14.4 Å². The molecule has 2 aliphatic heterocycles. The SMILES string of the molecule is CC(=O)N1CCCC(C(=O)N2CCC(CC(=O)O)CC2)C1. The average molecular weight is 296 g/mol. The molecule has 6 nitrogen and oxygen atoms in total. The van der Waals surface area contributed by atoms with Gasteiger partial charge >= 0.3 is 5.97 Å². The molecule has 1 N–H and O–H groups in total. The summed E-state index contributed by atoms with van der Waals surface area (Å²) in [6, 6.07) is 0. The van der Waals surface area contributed by atoms with Crippen molar-refractivity contribution in [3.05, 3.63) is 0 Å². The van der Waals surface area contributed by atoms with Crippen LogP contribution >= 0.6 is 0 Å². The van der Waals surface area contributed by atoms with E-state index < -0.39 is 5.97 Å². The molecule has 0 aliphatic carbocycles. The van der Waals surface area contributed by atoms with Crippen molar-refractivity contribution in [2.24, 2.45) is 11.8 Å². The van der Waals surface area contributed by atoms with Crippen molar-refractivity contribution < 1.29 is 19.5 Å². The molecule has 21 heavy (non-hydrogen) atoms. The Balaban J connectivity index is 1.84. The topological polar surface area (TPSA) is 77.9 Å². The molecule has 2 aliphatic rings. The lowest BCUT2D eigenvalue weighted by molar-refractivity contribution is -0.141. The van der Waals surface area contributed by atoms with Crippen LogP contribution in [0.15, 0.2) is 0 Å². The van der Waals surface area contributed by atoms with E-state index in [4.69, 9.17) is 5.11 Å². The first-order valence-electron chi connectivity index (χ1n) is 7.73. The van der Waals surface area contributed by atoms with E-state index in [-0.39, 0.29) is 30.1 Å². The fourth-order valence-corrected chi connectivity index (χ4v) is 3.33. The first kappa shape index (κ1) is 15.8. The number of piperidine rings is 2. The maximum Gasteiger partial charge on any atom is 0.303 e. The Morgan fingerprint density at radius 2 is 1.71 bits per heavy atom. The highest BCUT2D eigenvalue weighted by Gasteiger charge is 2.32. The largest absolute Gasteiger partial charge is 0.481 e. The molecule has 2 heterocycles. The van der Waals surface area contributed by atoms with Crippen LogP contribution in [0.5, 0.6) is 0 Å². The number of carbonyl (C=O) groups excluding carboxylic acids is 2. The Kier molecular flexibility index (Phi) is 5.20. The summed E-state index contributed by atoms with van der Waals surface area (Å²) >= 11 is 0. The smallest absolute Gasteiger partial charge is 0.303 e. The summed E-state index contributed by atoms with van der Waals surface area (Å²) in [4.78, 5) is 38.3. The fraction of sp³-hybridized carbons (Fsp3) is 0.800. The average Bonchev–Trinajstić information content (AvgIpc) is 2.47. The maximum absolute atomic E-state index is 12.5. The summed E-state index contributed by atoms with van der Waals surface area (Å²) in [5.74, 6) is -0.489. The normalized spacial score (nSPS) is 24.0. The number of likely N-dealkylation sites (tertiary alicyclic amines) is 2. The molecule has 2 saturated heterocycles. The van der Waals surface area contributed by atoms with Crippen LogP contribution in [0.25, 0.3) is 0 Å². The first-order valence-corrected chi connectivity index (χ1v) is 7.73. The zero-order chi connectivity index (χ0) is 15.4. The first-order chi connectivity index (χ1) is 9.97. The third-order valence-corrected chi connectivity index (χ3v) is 4.61. The number of aliphatic carboxylic acids is 1. The van der Waals surface area contributed by atoms with E-state index in [0.29, 0.717) is 19.6 Å². The van der Waals surface area contributed by atoms with Crippen LogP contribution in [0.2, 0.25) is 0 Å². The number of carbonyl (C=O) groups is 3. The predicted octanol–water partition coefficient (Wildman–Crippen LogP) is 0.958. The monoisotopic (exact) mass is 296 g/mol. The van der Waals surface area contributed by atoms with Gasteiger partial charge < -0.3 is 14.9 Å². The van der Waals surface area contributed by atoms with Crippen molar-refractivity contribution in [1.29, 1.82) is 0 Å². The van der Waals surface area contributed by atoms with Gasteiger partial charge in [-0.1, -0.05) is 0 Å². The summed E-state index contributed by atoms with van der Waals surface area (Å²) in [7, 11) is 0. The molecule has 0 aromatic rings. The molecule has 118 valence electrons. The molecule has 0 radical (unpaired) electrons. The molecule has 0 aromatic carbocycles. The van der Waals surface area contributed by atoms with Gasteiger partial charge in [0.15, 0.2) is 0 Å². The molecule has 1 atom stereocenters. The Bertz CT molecular complexity index is 416. The molecule has 0 bridgehead atoms. The highest BCUT2D eigenvalue weighted by molar-refractivity contribution is 5.81. The van der Waals surface area contributed by atoms with Crippen LogP contribution in [0.4, 0.5) is 0 Å². The van der Waals surface area contributed by atoms with Gasteiger partial charge in [0.05, 0.1) is 5.92 Å². The van der Waals surface area contributed by atoms with Gasteiger partial charge in [0, 0.05) is 39.5 Å². The van der Waals surface area contributed by atoms with Gasteiger partial charge in [0.2, 0.25) is 11.8 Å². The van der Waals surface area contributed by atoms with Crippen LogP contribution in [0.1, 0.15) is 39.0 Å². The molecule has 2 rings (SSSR count). The maximum atomic E-state index is 12.5. The second-order valence-corrected chi connectivity index (χ2v) is 6.17. The highest BCUT2D eigenvalue weighted by Crippen LogP contribution is 2.24. The van der Waals surface area contributed by atoms with Crippen molar-refractivity contribution in [2.75, 3.05) is 26.2 Å². The van der Waals surface area contributed by atoms with Crippen molar-refractivity contribution in [1.82, 2.24) is 9.80 Å². The quantitative estimate of drug-likeness (QED) is 0.841. The summed E-state index contributed by atoms with van der Waals surface area (Å²) in [6.07, 6.45) is 3.45. The van der Waals surface area contributed by atoms with Gasteiger partial charge in [-0.2, -0.15) is 0 Å². The predicted molar refractivity (Wildman–Crippen MR) is 76.5 cm³/mol. The Hall–Kier alpha value is -1.59. The van der Waals surface area contributed by atoms with Crippen LogP contribution in [0.3, 0.4) is 0 Å². The van der Waals surface area contributed by atoms with Gasteiger partial charge in [0.1, 0.15) is 0 Å². The van der Waals surface area contributed by atoms with E-state index in [1.165, 1.54) is 0 Å². The van der Waals surface area contributed by atoms with Crippen LogP contribution in [-0.4, -0.2) is 58.9 Å². The lowest BCUT2D eigenvalue weighted by Crippen LogP contribution is -2.48. The third-order valence-electron chi connectivity index (χ3n) is 4.61. The number of carboxylic acids is 1. The van der Waals surface area contributed by atoms with E-state index in [1.54, 1.807) is 11.8 Å². The minimum atomic E-state index is -0.760. The van der Waals surface area contributed by atoms with Gasteiger partial charge in [-0.3, -0.25) is 14.4 Å². The van der Waals surface area contributed by atoms with E-state index >= 15 is 0 Å². The fourth-order valence-electron chi connectivity index (χ4n) is 3.33. The Morgan fingerprint density at radius 1 is 1.05 bits per heavy atom. The zero-order valence-corrected chi connectivity index (χ0v) is 12.6. The van der Waals surface area contributed by atoms with Gasteiger partial charge in [-0.25, -0.2) is 0 Å². The van der Waals surface area contributed by atoms with Gasteiger partial charge in [0.25, 0.3) is 0 Å². The highest BCUT2D eigenvalue weighted by atomic mass is 16.4. The molecule has 0 aromatic heterocycles. The number of hydrogen-bond donors (Lipinski definition) is 1. The second kappa shape index (κ2) is 6.91. The summed E-state index contributed by atoms with van der Waals surface area (Å²) in [5, 5.41) is 8.81. The van der Waals surface area contributed by atoms with Crippen molar-refractivity contribution in [2.45, 2.75) is 39.0 Å². The molecule has 2 amide bonds. The molecule has 2 fully saturated rings. The number of hydrogen-bond acceptors (Lipinski definition) is 3. The van der Waals surface area contributed by atoms with Gasteiger partial charge in [-0.05, 0) is 31.6 Å². The molecular formula is C15H24N2O4. The van der Waals surface area contributed by atoms with E-state index in [9.17, 15) is 14.4 Å². The Morgan fingerprint density at radius 3 is 2.29 bits per heavy atom. The van der Waals surface area contributed by atoms with Crippen molar-refractivity contribution >= 4 is 17.8 Å². The van der Waals surface area contributed by atoms with E-state index in [0.717, 1.165) is 32.2 Å². The van der Waals surface area contributed by atoms with Crippen molar-refractivity contribution in [3.63, 3.8) is 0 Å². The number of carboxylic acid groups (broad SMARTS) is 1. The Labute approximate surface area is 125 Å². The van der Waals surface area contributed by atoms with E-state index in [1.807, 2.05) is 4.90 Å². The molecular weight excluding hydrogens is 272 g/mol. The van der Waals surface area contributed by atoms with Gasteiger partial charge in [-0.15, -0.1) is 0 Å². The zero-order valence-electron chi connectivity index (χ0n) is 12.6. The molecule has 1 unspecified atom stereocenters. The minimum Gasteiger partial charge on any atom is -0.481 e. The standard InChI is InChI=1S/C15H24N2O4/c1-11(18)17-6-2-3-13(10-17)15(21)16-7-4-12(5-8-16)9-14(19)20/h12-13H,2-10H2,1H3,(H,19,20). The van der Waals surface area contributed by atoms with Crippen molar-refractivity contribution in [3.8, 4) is 0 Å². The minimum absolute atomic E-state index is 0.0349. The number of rotatable bonds is 3. The van der Waals surface area contributed by atoms with Crippen LogP contribution < -0.4 is 0 Å². The number of amides is 2. The molecule has 0 spiro atoms. The number of nitrogens with zero attached hydrogens (tertiary/aromatic N) is 2. The van der Waals surface area contributed by atoms with Crippen LogP contribution in [0, 0.1) is 11.8 Å². The van der Waals surface area contributed by atoms with E-state index in [2.05, 4.69) is 0 Å². The summed E-state index contributed by atoms with van der Waals surface area (Å²) in [5.41, 5.74) is 0. The molecule has 0 saturated carbocycles. The third kappa shape index (κ3) is 4.19.